The van der Waals surface area contributed by atoms with Gasteiger partial charge in [0.1, 0.15) is 16.6 Å². The van der Waals surface area contributed by atoms with Crippen molar-refractivity contribution in [2.75, 3.05) is 18.9 Å². The fourth-order valence-corrected chi connectivity index (χ4v) is 2.84. The van der Waals surface area contributed by atoms with Crippen molar-refractivity contribution in [2.45, 2.75) is 25.1 Å². The molecule has 0 unspecified atom stereocenters. The number of anilines is 1. The lowest BCUT2D eigenvalue weighted by molar-refractivity contribution is -0.254. The van der Waals surface area contributed by atoms with Gasteiger partial charge < -0.3 is 10.0 Å². The zero-order valence-corrected chi connectivity index (χ0v) is 15.0. The number of halogens is 5. The Hall–Kier alpha value is -2.34. The van der Waals surface area contributed by atoms with Crippen LogP contribution in [-0.2, 0) is 6.42 Å². The number of hydrogen-bond acceptors (Lipinski definition) is 5. The number of alkyl halides is 3. The van der Waals surface area contributed by atoms with Crippen molar-refractivity contribution >= 4 is 22.5 Å². The van der Waals surface area contributed by atoms with Crippen LogP contribution in [0.25, 0.3) is 0 Å². The normalized spacial score (nSPS) is 13.9. The number of urea groups is 1. The average molecular weight is 410 g/mol. The first kappa shape index (κ1) is 21.0. The molecule has 12 heteroatoms. The molecule has 0 aliphatic carbocycles. The van der Waals surface area contributed by atoms with Crippen molar-refractivity contribution in [3.63, 3.8) is 0 Å². The van der Waals surface area contributed by atoms with Crippen LogP contribution in [0.5, 0.6) is 0 Å². The van der Waals surface area contributed by atoms with E-state index in [1.165, 1.54) is 0 Å². The van der Waals surface area contributed by atoms with E-state index in [1.807, 2.05) is 0 Å². The van der Waals surface area contributed by atoms with E-state index in [4.69, 9.17) is 0 Å². The van der Waals surface area contributed by atoms with E-state index in [0.29, 0.717) is 22.4 Å². The summed E-state index contributed by atoms with van der Waals surface area (Å²) in [5, 5.41) is 19.4. The van der Waals surface area contributed by atoms with Gasteiger partial charge in [-0.25, -0.2) is 13.6 Å². The van der Waals surface area contributed by atoms with Gasteiger partial charge in [0.25, 0.3) is 0 Å². The quantitative estimate of drug-likeness (QED) is 0.743. The molecular formula is C15H15F5N4O2S. The number of nitrogens with one attached hydrogen (secondary N) is 1. The van der Waals surface area contributed by atoms with Crippen LogP contribution in [0.3, 0.4) is 0 Å². The predicted molar refractivity (Wildman–Crippen MR) is 87.4 cm³/mol. The number of carbonyl (C=O) groups is 1. The molecule has 0 saturated heterocycles. The van der Waals surface area contributed by atoms with Crippen molar-refractivity contribution in [3.8, 4) is 0 Å². The standard InChI is InChI=1S/C15H15F5N4O2S/c1-14(26,15(18,19)20)7-24(2)13(25)21-12-23-22-11(27-12)5-8-3-9(16)6-10(17)4-8/h3-4,6,26H,5,7H2,1-2H3,(H,21,23,25)/t14-/m1/s1. The number of likely N-dealkylation sites (N-methyl/N-ethyl adjacent to an activating group) is 1. The highest BCUT2D eigenvalue weighted by Gasteiger charge is 2.50. The summed E-state index contributed by atoms with van der Waals surface area (Å²) in [5.41, 5.74) is -2.77. The molecule has 0 spiro atoms. The minimum Gasteiger partial charge on any atom is -0.379 e. The number of carbonyl (C=O) groups excluding carboxylic acids is 1. The van der Waals surface area contributed by atoms with E-state index in [1.54, 1.807) is 0 Å². The van der Waals surface area contributed by atoms with Gasteiger partial charge in [-0.2, -0.15) is 13.2 Å². The molecule has 1 aromatic carbocycles. The summed E-state index contributed by atoms with van der Waals surface area (Å²) in [6, 6.07) is 2.03. The maximum absolute atomic E-state index is 13.2. The molecule has 0 fully saturated rings. The van der Waals surface area contributed by atoms with E-state index in [-0.39, 0.29) is 11.6 Å². The molecule has 0 saturated carbocycles. The zero-order chi connectivity index (χ0) is 20.4. The first-order valence-corrected chi connectivity index (χ1v) is 8.27. The Morgan fingerprint density at radius 1 is 1.22 bits per heavy atom. The molecule has 0 aliphatic rings. The van der Waals surface area contributed by atoms with Crippen molar-refractivity contribution in [1.82, 2.24) is 15.1 Å². The number of nitrogens with zero attached hydrogens (tertiary/aromatic N) is 3. The highest BCUT2D eigenvalue weighted by molar-refractivity contribution is 7.15. The van der Waals surface area contributed by atoms with Crippen LogP contribution in [0.2, 0.25) is 0 Å². The van der Waals surface area contributed by atoms with Crippen molar-refractivity contribution in [1.29, 1.82) is 0 Å². The van der Waals surface area contributed by atoms with E-state index >= 15 is 0 Å². The second-order valence-electron chi connectivity index (χ2n) is 6.01. The fourth-order valence-electron chi connectivity index (χ4n) is 2.07. The summed E-state index contributed by atoms with van der Waals surface area (Å²) in [5.74, 6) is -1.50. The number of hydrogen-bond donors (Lipinski definition) is 2. The first-order chi connectivity index (χ1) is 12.4. The average Bonchev–Trinajstić information content (AvgIpc) is 2.91. The van der Waals surface area contributed by atoms with Gasteiger partial charge in [-0.3, -0.25) is 5.32 Å². The van der Waals surface area contributed by atoms with Crippen molar-refractivity contribution in [3.05, 3.63) is 40.4 Å². The van der Waals surface area contributed by atoms with Crippen molar-refractivity contribution in [2.24, 2.45) is 0 Å². The lowest BCUT2D eigenvalue weighted by atomic mass is 10.1. The molecule has 0 aliphatic heterocycles. The Bertz CT molecular complexity index is 805. The third kappa shape index (κ3) is 5.57. The van der Waals surface area contributed by atoms with Crippen LogP contribution >= 0.6 is 11.3 Å². The molecule has 2 amide bonds. The highest BCUT2D eigenvalue weighted by atomic mass is 32.1. The fraction of sp³-hybridized carbons (Fsp3) is 0.400. The molecular weight excluding hydrogens is 395 g/mol. The monoisotopic (exact) mass is 410 g/mol. The van der Waals surface area contributed by atoms with Gasteiger partial charge in [0.05, 0.1) is 6.54 Å². The SMILES string of the molecule is CN(C[C@@](C)(O)C(F)(F)F)C(=O)Nc1nnc(Cc2cc(F)cc(F)c2)s1. The van der Waals surface area contributed by atoms with Gasteiger partial charge in [0, 0.05) is 19.5 Å². The summed E-state index contributed by atoms with van der Waals surface area (Å²) in [6.07, 6.45) is -4.85. The summed E-state index contributed by atoms with van der Waals surface area (Å²) >= 11 is 0.898. The summed E-state index contributed by atoms with van der Waals surface area (Å²) in [4.78, 5) is 12.6. The topological polar surface area (TPSA) is 78.4 Å². The zero-order valence-electron chi connectivity index (χ0n) is 14.1. The first-order valence-electron chi connectivity index (χ1n) is 7.46. The van der Waals surface area contributed by atoms with Crippen LogP contribution in [0, 0.1) is 11.6 Å². The number of benzene rings is 1. The van der Waals surface area contributed by atoms with Crippen LogP contribution in [0.15, 0.2) is 18.2 Å². The minimum atomic E-state index is -4.91. The van der Waals surface area contributed by atoms with Crippen LogP contribution in [0.1, 0.15) is 17.5 Å². The van der Waals surface area contributed by atoms with E-state index < -0.39 is 36.0 Å². The highest BCUT2D eigenvalue weighted by Crippen LogP contribution is 2.30. The molecule has 0 radical (unpaired) electrons. The Morgan fingerprint density at radius 3 is 2.37 bits per heavy atom. The maximum Gasteiger partial charge on any atom is 0.418 e. The second-order valence-corrected chi connectivity index (χ2v) is 7.08. The molecule has 2 aromatic rings. The van der Waals surface area contributed by atoms with E-state index in [0.717, 1.165) is 36.6 Å². The van der Waals surface area contributed by atoms with Crippen molar-refractivity contribution < 1.29 is 31.9 Å². The van der Waals surface area contributed by atoms with Crippen LogP contribution in [0.4, 0.5) is 31.9 Å². The molecule has 2 N–H and O–H groups in total. The van der Waals surface area contributed by atoms with Crippen LogP contribution in [-0.4, -0.2) is 51.6 Å². The molecule has 0 bridgehead atoms. The predicted octanol–water partition coefficient (Wildman–Crippen LogP) is 3.18. The number of aliphatic hydroxyl groups is 1. The van der Waals surface area contributed by atoms with E-state index in [2.05, 4.69) is 15.5 Å². The third-order valence-corrected chi connectivity index (χ3v) is 4.30. The molecule has 1 atom stereocenters. The second kappa shape index (κ2) is 7.72. The Labute approximate surface area is 154 Å². The van der Waals surface area contributed by atoms with E-state index in [9.17, 15) is 31.9 Å². The van der Waals surface area contributed by atoms with Gasteiger partial charge in [-0.1, -0.05) is 11.3 Å². The summed E-state index contributed by atoms with van der Waals surface area (Å²) < 4.78 is 64.4. The third-order valence-electron chi connectivity index (χ3n) is 3.46. The molecule has 2 rings (SSSR count). The Morgan fingerprint density at radius 2 is 1.81 bits per heavy atom. The molecule has 1 aromatic heterocycles. The lowest BCUT2D eigenvalue weighted by Gasteiger charge is -2.30. The molecule has 148 valence electrons. The van der Waals surface area contributed by atoms with Crippen LogP contribution < -0.4 is 5.32 Å². The Balaban J connectivity index is 1.99. The Kier molecular flexibility index (Phi) is 6.00. The van der Waals surface area contributed by atoms with Gasteiger partial charge >= 0.3 is 12.2 Å². The molecule has 6 nitrogen and oxygen atoms in total. The smallest absolute Gasteiger partial charge is 0.379 e. The van der Waals surface area contributed by atoms with Gasteiger partial charge in [-0.15, -0.1) is 10.2 Å². The minimum absolute atomic E-state index is 0.00891. The summed E-state index contributed by atoms with van der Waals surface area (Å²) in [7, 11) is 1.08. The maximum atomic E-state index is 13.2. The lowest BCUT2D eigenvalue weighted by Crippen LogP contribution is -2.52. The van der Waals surface area contributed by atoms with Gasteiger partial charge in [0.15, 0.2) is 5.60 Å². The number of amides is 2. The molecule has 1 heterocycles. The molecule has 27 heavy (non-hydrogen) atoms. The largest absolute Gasteiger partial charge is 0.418 e. The van der Waals surface area contributed by atoms with Gasteiger partial charge in [0.2, 0.25) is 5.13 Å². The summed E-state index contributed by atoms with van der Waals surface area (Å²) in [6.45, 7) is -0.436. The van der Waals surface area contributed by atoms with Gasteiger partial charge in [-0.05, 0) is 24.6 Å². The number of rotatable bonds is 5. The number of aromatic nitrogens is 2.